The first-order valence-electron chi connectivity index (χ1n) is 14.4. The number of amides is 2. The fourth-order valence-electron chi connectivity index (χ4n) is 6.61. The lowest BCUT2D eigenvalue weighted by molar-refractivity contribution is -0.0553. The van der Waals surface area contributed by atoms with Crippen molar-refractivity contribution >= 4 is 16.9 Å². The predicted octanol–water partition coefficient (Wildman–Crippen LogP) is 4.55. The molecule has 1 saturated carbocycles. The van der Waals surface area contributed by atoms with Gasteiger partial charge in [0.2, 0.25) is 0 Å². The third-order valence-electron chi connectivity index (χ3n) is 8.60. The van der Waals surface area contributed by atoms with Crippen molar-refractivity contribution in [2.24, 2.45) is 11.8 Å². The summed E-state index contributed by atoms with van der Waals surface area (Å²) in [5.41, 5.74) is 0.725. The van der Waals surface area contributed by atoms with Crippen LogP contribution in [0.2, 0.25) is 0 Å². The molecule has 2 amide bonds. The van der Waals surface area contributed by atoms with E-state index in [1.807, 2.05) is 30.1 Å². The lowest BCUT2D eigenvalue weighted by Gasteiger charge is -2.43. The Hall–Kier alpha value is -2.16. The van der Waals surface area contributed by atoms with Crippen molar-refractivity contribution < 1.29 is 14.6 Å². The van der Waals surface area contributed by atoms with Crippen LogP contribution in [0, 0.1) is 11.8 Å². The van der Waals surface area contributed by atoms with Crippen molar-refractivity contribution in [2.75, 3.05) is 40.4 Å². The van der Waals surface area contributed by atoms with Gasteiger partial charge < -0.3 is 25.4 Å². The Balaban J connectivity index is 1.48. The van der Waals surface area contributed by atoms with Gasteiger partial charge in [0.25, 0.3) is 0 Å². The van der Waals surface area contributed by atoms with Crippen molar-refractivity contribution in [1.29, 1.82) is 0 Å². The molecule has 2 aromatic rings. The van der Waals surface area contributed by atoms with Gasteiger partial charge in [-0.1, -0.05) is 50.3 Å². The van der Waals surface area contributed by atoms with E-state index in [2.05, 4.69) is 20.8 Å². The summed E-state index contributed by atoms with van der Waals surface area (Å²) in [5, 5.41) is 27.3. The summed E-state index contributed by atoms with van der Waals surface area (Å²) >= 11 is 0. The summed E-state index contributed by atoms with van der Waals surface area (Å²) in [5.74, 6) is 0.651. The number of hydrogen-bond acceptors (Lipinski definition) is 5. The number of piperidine rings is 1. The Morgan fingerprint density at radius 1 is 1.24 bits per heavy atom. The number of rotatable bonds is 12. The predicted molar refractivity (Wildman–Crippen MR) is 147 cm³/mol. The largest absolute Gasteiger partial charge is 0.385 e. The van der Waals surface area contributed by atoms with Gasteiger partial charge in [0.15, 0.2) is 0 Å². The van der Waals surface area contributed by atoms with Crippen molar-refractivity contribution in [2.45, 2.75) is 82.3 Å². The van der Waals surface area contributed by atoms with Crippen LogP contribution in [0.1, 0.15) is 76.2 Å². The van der Waals surface area contributed by atoms with E-state index < -0.39 is 5.60 Å². The van der Waals surface area contributed by atoms with Crippen LogP contribution in [0.3, 0.4) is 0 Å². The molecule has 2 fully saturated rings. The number of H-pyrrole nitrogens is 1. The smallest absolute Gasteiger partial charge is 0.317 e. The quantitative estimate of drug-likeness (QED) is 0.312. The molecule has 4 N–H and O–H groups in total. The van der Waals surface area contributed by atoms with Crippen LogP contribution in [0.25, 0.3) is 10.9 Å². The van der Waals surface area contributed by atoms with E-state index in [-0.39, 0.29) is 18.0 Å². The first-order chi connectivity index (χ1) is 18.0. The summed E-state index contributed by atoms with van der Waals surface area (Å²) in [6.45, 7) is 2.74. The summed E-state index contributed by atoms with van der Waals surface area (Å²) in [6, 6.07) is 6.16. The number of benzene rings is 1. The molecule has 1 saturated heterocycles. The summed E-state index contributed by atoms with van der Waals surface area (Å²) < 4.78 is 5.26. The highest BCUT2D eigenvalue weighted by Gasteiger charge is 2.42. The summed E-state index contributed by atoms with van der Waals surface area (Å²) in [4.78, 5) is 15.4. The van der Waals surface area contributed by atoms with Crippen LogP contribution in [-0.2, 0) is 10.3 Å². The number of aromatic amines is 1. The second-order valence-corrected chi connectivity index (χ2v) is 11.2. The molecule has 206 valence electrons. The maximum atomic E-state index is 13.5. The zero-order chi connectivity index (χ0) is 26.1. The van der Waals surface area contributed by atoms with E-state index in [4.69, 9.17) is 4.74 Å². The minimum absolute atomic E-state index is 0.00208. The molecule has 1 aliphatic heterocycles. The first-order valence-corrected chi connectivity index (χ1v) is 14.4. The number of ether oxygens (including phenoxy) is 1. The second kappa shape index (κ2) is 13.6. The molecule has 1 aromatic heterocycles. The lowest BCUT2D eigenvalue weighted by atomic mass is 9.73. The van der Waals surface area contributed by atoms with E-state index in [0.29, 0.717) is 25.5 Å². The number of methoxy groups -OCH3 is 1. The average molecular weight is 514 g/mol. The molecule has 3 unspecified atom stereocenters. The first kappa shape index (κ1) is 27.9. The SMILES string of the molecule is CNCC(CC1CCCCC1)NC(=O)N1CCCC(C(O)(CCCCOC)c2cccc3cn[nH]c23)C1. The van der Waals surface area contributed by atoms with Crippen LogP contribution < -0.4 is 10.6 Å². The lowest BCUT2D eigenvalue weighted by Crippen LogP contribution is -2.54. The molecular formula is C29H47N5O3. The molecule has 0 bridgehead atoms. The molecular weight excluding hydrogens is 466 g/mol. The second-order valence-electron chi connectivity index (χ2n) is 11.2. The molecule has 1 aliphatic carbocycles. The molecule has 37 heavy (non-hydrogen) atoms. The molecule has 0 spiro atoms. The molecule has 8 nitrogen and oxygen atoms in total. The number of urea groups is 1. The number of aromatic nitrogens is 2. The number of carbonyl (C=O) groups is 1. The maximum Gasteiger partial charge on any atom is 0.317 e. The molecule has 2 aliphatic rings. The minimum Gasteiger partial charge on any atom is -0.385 e. The van der Waals surface area contributed by atoms with E-state index in [0.717, 1.165) is 61.7 Å². The number of carbonyl (C=O) groups excluding carboxylic acids is 1. The molecule has 8 heteroatoms. The van der Waals surface area contributed by atoms with Crippen LogP contribution in [0.4, 0.5) is 4.79 Å². The number of likely N-dealkylation sites (tertiary alicyclic amines) is 1. The molecule has 1 aromatic carbocycles. The minimum atomic E-state index is -1.05. The highest BCUT2D eigenvalue weighted by molar-refractivity contribution is 5.82. The third-order valence-corrected chi connectivity index (χ3v) is 8.60. The average Bonchev–Trinajstić information content (AvgIpc) is 3.41. The molecule has 3 atom stereocenters. The van der Waals surface area contributed by atoms with Crippen LogP contribution in [-0.4, -0.2) is 72.7 Å². The highest BCUT2D eigenvalue weighted by Crippen LogP contribution is 2.42. The molecule has 4 rings (SSSR count). The summed E-state index contributed by atoms with van der Waals surface area (Å²) in [7, 11) is 3.67. The number of fused-ring (bicyclic) bond motifs is 1. The molecule has 0 radical (unpaired) electrons. The zero-order valence-corrected chi connectivity index (χ0v) is 22.8. The van der Waals surface area contributed by atoms with Gasteiger partial charge in [0.1, 0.15) is 0 Å². The van der Waals surface area contributed by atoms with Crippen LogP contribution >= 0.6 is 0 Å². The maximum absolute atomic E-state index is 13.5. The summed E-state index contributed by atoms with van der Waals surface area (Å²) in [6.07, 6.45) is 13.5. The van der Waals surface area contributed by atoms with E-state index in [1.165, 1.54) is 32.1 Å². The van der Waals surface area contributed by atoms with Crippen LogP contribution in [0.15, 0.2) is 24.4 Å². The van der Waals surface area contributed by atoms with Crippen molar-refractivity contribution in [1.82, 2.24) is 25.7 Å². The third kappa shape index (κ3) is 7.03. The Labute approximate surface area is 221 Å². The Morgan fingerprint density at radius 3 is 2.86 bits per heavy atom. The van der Waals surface area contributed by atoms with Crippen molar-refractivity contribution in [3.05, 3.63) is 30.0 Å². The number of unbranched alkanes of at least 4 members (excludes halogenated alkanes) is 1. The normalized spacial score (nSPS) is 21.6. The van der Waals surface area contributed by atoms with Gasteiger partial charge in [-0.15, -0.1) is 0 Å². The zero-order valence-electron chi connectivity index (χ0n) is 22.8. The number of para-hydroxylation sites is 1. The highest BCUT2D eigenvalue weighted by atomic mass is 16.5. The monoisotopic (exact) mass is 513 g/mol. The number of nitrogens with one attached hydrogen (secondary N) is 3. The van der Waals surface area contributed by atoms with Gasteiger partial charge in [0.05, 0.1) is 17.3 Å². The van der Waals surface area contributed by atoms with Gasteiger partial charge in [-0.2, -0.15) is 5.10 Å². The number of hydrogen-bond donors (Lipinski definition) is 4. The van der Waals surface area contributed by atoms with Crippen molar-refractivity contribution in [3.63, 3.8) is 0 Å². The Morgan fingerprint density at radius 2 is 2.08 bits per heavy atom. The number of nitrogens with zero attached hydrogens (tertiary/aromatic N) is 2. The fourth-order valence-corrected chi connectivity index (χ4v) is 6.61. The van der Waals surface area contributed by atoms with Gasteiger partial charge in [0, 0.05) is 56.3 Å². The van der Waals surface area contributed by atoms with Gasteiger partial charge in [-0.3, -0.25) is 5.10 Å². The Bertz CT molecular complexity index is 975. The molecule has 2 heterocycles. The number of aliphatic hydroxyl groups is 1. The number of likely N-dealkylation sites (N-methyl/N-ethyl adjacent to an activating group) is 1. The fraction of sp³-hybridized carbons (Fsp3) is 0.724. The van der Waals surface area contributed by atoms with Gasteiger partial charge in [-0.05, 0) is 51.5 Å². The van der Waals surface area contributed by atoms with E-state index in [1.54, 1.807) is 13.3 Å². The van der Waals surface area contributed by atoms with Crippen LogP contribution in [0.5, 0.6) is 0 Å². The standard InChI is InChI=1S/C29H47N5O3/c1-30-20-25(18-22-10-4-3-5-11-22)32-28(35)34-16-9-13-24(21-34)29(36,15-6-7-17-37-2)26-14-8-12-23-19-31-33-27(23)26/h8,12,14,19,22,24-25,30,36H,3-7,9-11,13,15-18,20-21H2,1-2H3,(H,31,33)(H,32,35). The van der Waals surface area contributed by atoms with E-state index >= 15 is 0 Å². The Kier molecular flexibility index (Phi) is 10.2. The topological polar surface area (TPSA) is 103 Å². The van der Waals surface area contributed by atoms with Crippen molar-refractivity contribution in [3.8, 4) is 0 Å². The van der Waals surface area contributed by atoms with E-state index in [9.17, 15) is 9.90 Å². The van der Waals surface area contributed by atoms with Gasteiger partial charge >= 0.3 is 6.03 Å². The van der Waals surface area contributed by atoms with Gasteiger partial charge in [-0.25, -0.2) is 4.79 Å².